The van der Waals surface area contributed by atoms with Crippen LogP contribution in [0.2, 0.25) is 0 Å². The number of aryl methyl sites for hydroxylation is 1. The molecule has 0 saturated heterocycles. The number of para-hydroxylation sites is 1. The van der Waals surface area contributed by atoms with Crippen molar-refractivity contribution in [2.24, 2.45) is 0 Å². The lowest BCUT2D eigenvalue weighted by molar-refractivity contribution is 0.323. The predicted octanol–water partition coefficient (Wildman–Crippen LogP) is 1.39. The van der Waals surface area contributed by atoms with Gasteiger partial charge >= 0.3 is 0 Å². The molecule has 0 aliphatic heterocycles. The normalized spacial score (nSPS) is 11.4. The summed E-state index contributed by atoms with van der Waals surface area (Å²) in [7, 11) is -3.58. The standard InChI is InChI=1S/C12H15N3O3S2/c1-9-11(19-12(13)15-9)20(16,17)14-7-8-18-10-5-3-2-4-6-10/h2-6,14H,7-8H2,1H3,(H2,13,15). The maximum Gasteiger partial charge on any atom is 0.252 e. The van der Waals surface area contributed by atoms with E-state index in [1.807, 2.05) is 30.3 Å². The van der Waals surface area contributed by atoms with Gasteiger partial charge in [-0.15, -0.1) is 0 Å². The third-order valence-corrected chi connectivity index (χ3v) is 5.48. The van der Waals surface area contributed by atoms with E-state index >= 15 is 0 Å². The summed E-state index contributed by atoms with van der Waals surface area (Å²) in [6, 6.07) is 9.20. The first-order chi connectivity index (χ1) is 9.49. The van der Waals surface area contributed by atoms with E-state index < -0.39 is 10.0 Å². The lowest BCUT2D eigenvalue weighted by Crippen LogP contribution is -2.28. The van der Waals surface area contributed by atoms with Crippen molar-refractivity contribution in [3.8, 4) is 5.75 Å². The molecule has 1 heterocycles. The fourth-order valence-electron chi connectivity index (χ4n) is 1.58. The van der Waals surface area contributed by atoms with Crippen LogP contribution >= 0.6 is 11.3 Å². The molecule has 1 aromatic heterocycles. The predicted molar refractivity (Wildman–Crippen MR) is 78.4 cm³/mol. The molecule has 2 aromatic rings. The quantitative estimate of drug-likeness (QED) is 0.786. The van der Waals surface area contributed by atoms with Gasteiger partial charge < -0.3 is 10.5 Å². The molecule has 0 unspecified atom stereocenters. The number of rotatable bonds is 6. The number of hydrogen-bond donors (Lipinski definition) is 2. The van der Waals surface area contributed by atoms with Gasteiger partial charge in [-0.05, 0) is 19.1 Å². The summed E-state index contributed by atoms with van der Waals surface area (Å²) >= 11 is 0.951. The summed E-state index contributed by atoms with van der Waals surface area (Å²) in [6.07, 6.45) is 0. The zero-order valence-electron chi connectivity index (χ0n) is 10.9. The summed E-state index contributed by atoms with van der Waals surface area (Å²) in [5.41, 5.74) is 5.90. The Kier molecular flexibility index (Phi) is 4.58. The maximum atomic E-state index is 12.0. The molecule has 0 fully saturated rings. The van der Waals surface area contributed by atoms with Crippen LogP contribution in [0.25, 0.3) is 0 Å². The average molecular weight is 313 g/mol. The summed E-state index contributed by atoms with van der Waals surface area (Å²) in [6.45, 7) is 2.03. The second-order valence-corrected chi connectivity index (χ2v) is 6.98. The van der Waals surface area contributed by atoms with Gasteiger partial charge in [-0.1, -0.05) is 29.5 Å². The van der Waals surface area contributed by atoms with E-state index in [0.29, 0.717) is 11.4 Å². The monoisotopic (exact) mass is 313 g/mol. The highest BCUT2D eigenvalue weighted by Crippen LogP contribution is 2.24. The van der Waals surface area contributed by atoms with E-state index in [2.05, 4.69) is 9.71 Å². The first-order valence-electron chi connectivity index (χ1n) is 5.89. The van der Waals surface area contributed by atoms with Gasteiger partial charge in [-0.2, -0.15) is 0 Å². The number of sulfonamides is 1. The van der Waals surface area contributed by atoms with Crippen molar-refractivity contribution in [3.05, 3.63) is 36.0 Å². The highest BCUT2D eigenvalue weighted by Gasteiger charge is 2.20. The summed E-state index contributed by atoms with van der Waals surface area (Å²) in [4.78, 5) is 3.90. The molecule has 108 valence electrons. The Labute approximate surface area is 121 Å². The van der Waals surface area contributed by atoms with Gasteiger partial charge in [0.2, 0.25) is 0 Å². The van der Waals surface area contributed by atoms with Crippen LogP contribution in [0.4, 0.5) is 5.13 Å². The van der Waals surface area contributed by atoms with Gasteiger partial charge in [-0.25, -0.2) is 18.1 Å². The van der Waals surface area contributed by atoms with Crippen LogP contribution in [-0.4, -0.2) is 26.6 Å². The van der Waals surface area contributed by atoms with Crippen LogP contribution in [0.3, 0.4) is 0 Å². The zero-order chi connectivity index (χ0) is 14.6. The zero-order valence-corrected chi connectivity index (χ0v) is 12.5. The molecule has 20 heavy (non-hydrogen) atoms. The SMILES string of the molecule is Cc1nc(N)sc1S(=O)(=O)NCCOc1ccccc1. The molecule has 2 rings (SSSR count). The van der Waals surface area contributed by atoms with Gasteiger partial charge in [0.15, 0.2) is 9.34 Å². The number of ether oxygens (including phenoxy) is 1. The molecular weight excluding hydrogens is 298 g/mol. The summed E-state index contributed by atoms with van der Waals surface area (Å²) in [5.74, 6) is 0.699. The van der Waals surface area contributed by atoms with Crippen molar-refractivity contribution in [2.45, 2.75) is 11.1 Å². The topological polar surface area (TPSA) is 94.3 Å². The molecule has 6 nitrogen and oxygen atoms in total. The van der Waals surface area contributed by atoms with E-state index in [1.54, 1.807) is 6.92 Å². The number of benzene rings is 1. The highest BCUT2D eigenvalue weighted by molar-refractivity contribution is 7.91. The van der Waals surface area contributed by atoms with Gasteiger partial charge in [0.25, 0.3) is 10.0 Å². The Balaban J connectivity index is 1.89. The van der Waals surface area contributed by atoms with Gasteiger partial charge in [0, 0.05) is 6.54 Å². The minimum atomic E-state index is -3.58. The van der Waals surface area contributed by atoms with Crippen LogP contribution in [0.1, 0.15) is 5.69 Å². The highest BCUT2D eigenvalue weighted by atomic mass is 32.2. The maximum absolute atomic E-state index is 12.0. The van der Waals surface area contributed by atoms with Crippen LogP contribution in [-0.2, 0) is 10.0 Å². The van der Waals surface area contributed by atoms with Crippen molar-refractivity contribution in [1.82, 2.24) is 9.71 Å². The van der Waals surface area contributed by atoms with Crippen molar-refractivity contribution in [2.75, 3.05) is 18.9 Å². The van der Waals surface area contributed by atoms with Crippen molar-refractivity contribution in [1.29, 1.82) is 0 Å². The fraction of sp³-hybridized carbons (Fsp3) is 0.250. The fourth-order valence-corrected chi connectivity index (χ4v) is 3.93. The molecular formula is C12H15N3O3S2. The van der Waals surface area contributed by atoms with Crippen molar-refractivity contribution < 1.29 is 13.2 Å². The Morgan fingerprint density at radius 1 is 1.35 bits per heavy atom. The van der Waals surface area contributed by atoms with E-state index in [0.717, 1.165) is 11.3 Å². The first kappa shape index (κ1) is 14.8. The smallest absolute Gasteiger partial charge is 0.252 e. The molecule has 0 aliphatic carbocycles. The largest absolute Gasteiger partial charge is 0.492 e. The van der Waals surface area contributed by atoms with E-state index in [4.69, 9.17) is 10.5 Å². The van der Waals surface area contributed by atoms with Crippen molar-refractivity contribution in [3.63, 3.8) is 0 Å². The Morgan fingerprint density at radius 2 is 2.05 bits per heavy atom. The third-order valence-electron chi connectivity index (χ3n) is 2.42. The second-order valence-electron chi connectivity index (χ2n) is 3.98. The first-order valence-corrected chi connectivity index (χ1v) is 8.19. The van der Waals surface area contributed by atoms with Crippen LogP contribution < -0.4 is 15.2 Å². The number of nitrogens with one attached hydrogen (secondary N) is 1. The van der Waals surface area contributed by atoms with Crippen molar-refractivity contribution >= 4 is 26.5 Å². The number of hydrogen-bond acceptors (Lipinski definition) is 6. The average Bonchev–Trinajstić information content (AvgIpc) is 2.76. The summed E-state index contributed by atoms with van der Waals surface area (Å²) < 4.78 is 32.1. The minimum Gasteiger partial charge on any atom is -0.492 e. The Bertz CT molecular complexity index is 669. The Morgan fingerprint density at radius 3 is 2.65 bits per heavy atom. The molecule has 0 atom stereocenters. The van der Waals surface area contributed by atoms with Crippen LogP contribution in [0.5, 0.6) is 5.75 Å². The molecule has 0 bridgehead atoms. The third kappa shape index (κ3) is 3.69. The lowest BCUT2D eigenvalue weighted by Gasteiger charge is -2.07. The number of nitrogens with two attached hydrogens (primary N) is 1. The van der Waals surface area contributed by atoms with E-state index in [-0.39, 0.29) is 22.5 Å². The van der Waals surface area contributed by atoms with Gasteiger partial charge in [0.05, 0.1) is 5.69 Å². The number of aromatic nitrogens is 1. The molecule has 0 aliphatic rings. The van der Waals surface area contributed by atoms with E-state index in [1.165, 1.54) is 0 Å². The summed E-state index contributed by atoms with van der Waals surface area (Å²) in [5, 5.41) is 0.239. The molecule has 0 spiro atoms. The number of nitrogen functional groups attached to an aromatic ring is 1. The molecule has 0 amide bonds. The number of anilines is 1. The second kappa shape index (κ2) is 6.21. The number of nitrogens with zero attached hydrogens (tertiary/aromatic N) is 1. The molecule has 1 aromatic carbocycles. The van der Waals surface area contributed by atoms with E-state index in [9.17, 15) is 8.42 Å². The minimum absolute atomic E-state index is 0.148. The van der Waals surface area contributed by atoms with Crippen LogP contribution in [0, 0.1) is 6.92 Å². The lowest BCUT2D eigenvalue weighted by atomic mass is 10.3. The molecule has 8 heteroatoms. The van der Waals surface area contributed by atoms with Gasteiger partial charge in [0.1, 0.15) is 12.4 Å². The molecule has 0 saturated carbocycles. The Hall–Kier alpha value is -1.64. The van der Waals surface area contributed by atoms with Gasteiger partial charge in [-0.3, -0.25) is 0 Å². The number of thiazole rings is 1. The van der Waals surface area contributed by atoms with Crippen LogP contribution in [0.15, 0.2) is 34.5 Å². The molecule has 3 N–H and O–H groups in total. The molecule has 0 radical (unpaired) electrons.